The molecule has 0 saturated carbocycles. The van der Waals surface area contributed by atoms with Gasteiger partial charge >= 0.3 is 0 Å². The second-order valence-corrected chi connectivity index (χ2v) is 4.96. The summed E-state index contributed by atoms with van der Waals surface area (Å²) in [5.74, 6) is 0.266. The van der Waals surface area contributed by atoms with Gasteiger partial charge in [-0.1, -0.05) is 0 Å². The van der Waals surface area contributed by atoms with Crippen LogP contribution in [0.3, 0.4) is 0 Å². The lowest BCUT2D eigenvalue weighted by Crippen LogP contribution is -2.32. The summed E-state index contributed by atoms with van der Waals surface area (Å²) in [6.45, 7) is 7.20. The number of aromatic amines is 2. The number of carbonyl (C=O) groups is 1. The van der Waals surface area contributed by atoms with Crippen LogP contribution in [0.1, 0.15) is 46.2 Å². The Morgan fingerprint density at radius 2 is 1.95 bits per heavy atom. The average molecular weight is 274 g/mol. The van der Waals surface area contributed by atoms with Crippen molar-refractivity contribution < 1.29 is 4.79 Å². The summed E-state index contributed by atoms with van der Waals surface area (Å²) in [4.78, 5) is 34.4. The van der Waals surface area contributed by atoms with E-state index in [1.165, 1.54) is 6.07 Å². The highest BCUT2D eigenvalue weighted by Crippen LogP contribution is 2.09. The minimum Gasteiger partial charge on any atom is -0.362 e. The maximum atomic E-state index is 12.2. The normalized spacial score (nSPS) is 12.2. The summed E-state index contributed by atoms with van der Waals surface area (Å²) in [5.41, 5.74) is 2.09. The smallest absolute Gasteiger partial charge is 0.257 e. The fourth-order valence-corrected chi connectivity index (χ4v) is 2.12. The number of rotatable bonds is 3. The molecule has 2 rings (SSSR count). The molecule has 1 amide bonds. The van der Waals surface area contributed by atoms with Gasteiger partial charge in [-0.25, -0.2) is 4.98 Å². The van der Waals surface area contributed by atoms with E-state index in [1.807, 2.05) is 13.8 Å². The number of hydrogen-bond acceptors (Lipinski definition) is 3. The van der Waals surface area contributed by atoms with Crippen molar-refractivity contribution in [1.82, 2.24) is 20.3 Å². The Morgan fingerprint density at radius 1 is 1.25 bits per heavy atom. The second kappa shape index (κ2) is 5.32. The zero-order chi connectivity index (χ0) is 14.9. The van der Waals surface area contributed by atoms with Gasteiger partial charge in [0.1, 0.15) is 11.4 Å². The van der Waals surface area contributed by atoms with E-state index in [2.05, 4.69) is 20.3 Å². The van der Waals surface area contributed by atoms with Crippen molar-refractivity contribution in [2.24, 2.45) is 0 Å². The topological polar surface area (TPSA) is 90.6 Å². The Bertz CT molecular complexity index is 699. The maximum Gasteiger partial charge on any atom is 0.257 e. The number of hydrogen-bond donors (Lipinski definition) is 3. The average Bonchev–Trinajstić information content (AvgIpc) is 2.74. The highest BCUT2D eigenvalue weighted by atomic mass is 16.2. The molecule has 1 unspecified atom stereocenters. The summed E-state index contributed by atoms with van der Waals surface area (Å²) in [5, 5.41) is 2.77. The first kappa shape index (κ1) is 14.0. The monoisotopic (exact) mass is 274 g/mol. The molecule has 0 fully saturated rings. The van der Waals surface area contributed by atoms with Gasteiger partial charge in [-0.05, 0) is 27.7 Å². The van der Waals surface area contributed by atoms with Gasteiger partial charge in [0.15, 0.2) is 5.43 Å². The van der Waals surface area contributed by atoms with Crippen LogP contribution in [0.4, 0.5) is 0 Å². The molecule has 0 aliphatic carbocycles. The van der Waals surface area contributed by atoms with Crippen molar-refractivity contribution in [3.05, 3.63) is 51.0 Å². The van der Waals surface area contributed by atoms with Crippen LogP contribution >= 0.6 is 0 Å². The Labute approximate surface area is 116 Å². The number of carbonyl (C=O) groups excluding carboxylic acids is 1. The van der Waals surface area contributed by atoms with E-state index in [0.717, 1.165) is 11.4 Å². The van der Waals surface area contributed by atoms with Crippen LogP contribution in [0.25, 0.3) is 0 Å². The Kier molecular flexibility index (Phi) is 3.74. The molecule has 0 radical (unpaired) electrons. The number of aromatic nitrogens is 3. The summed E-state index contributed by atoms with van der Waals surface area (Å²) >= 11 is 0. The van der Waals surface area contributed by atoms with Gasteiger partial charge in [-0.15, -0.1) is 0 Å². The van der Waals surface area contributed by atoms with Crippen LogP contribution in [0, 0.1) is 20.8 Å². The number of H-pyrrole nitrogens is 2. The summed E-state index contributed by atoms with van der Waals surface area (Å²) < 4.78 is 0. The van der Waals surface area contributed by atoms with E-state index >= 15 is 0 Å². The van der Waals surface area contributed by atoms with Crippen LogP contribution in [-0.4, -0.2) is 20.9 Å². The van der Waals surface area contributed by atoms with Crippen molar-refractivity contribution in [2.75, 3.05) is 0 Å². The number of nitrogens with zero attached hydrogens (tertiary/aromatic N) is 1. The minimum atomic E-state index is -0.398. The van der Waals surface area contributed by atoms with E-state index in [1.54, 1.807) is 20.0 Å². The largest absolute Gasteiger partial charge is 0.362 e. The third kappa shape index (κ3) is 2.79. The lowest BCUT2D eigenvalue weighted by atomic mass is 10.1. The van der Waals surface area contributed by atoms with Crippen LogP contribution in [-0.2, 0) is 0 Å². The van der Waals surface area contributed by atoms with Gasteiger partial charge in [0.05, 0.1) is 6.04 Å². The number of imidazole rings is 1. The number of amides is 1. The molecule has 0 bridgehead atoms. The van der Waals surface area contributed by atoms with Crippen molar-refractivity contribution in [1.29, 1.82) is 0 Å². The first-order valence-corrected chi connectivity index (χ1v) is 6.41. The molecule has 2 aromatic heterocycles. The fraction of sp³-hybridized carbons (Fsp3) is 0.357. The molecule has 0 aliphatic heterocycles. The molecule has 0 aromatic carbocycles. The number of nitrogens with one attached hydrogen (secondary N) is 3. The first-order valence-electron chi connectivity index (χ1n) is 6.41. The molecule has 20 heavy (non-hydrogen) atoms. The molecule has 0 aliphatic rings. The third-order valence-electron chi connectivity index (χ3n) is 3.06. The molecule has 2 aromatic rings. The van der Waals surface area contributed by atoms with Gasteiger partial charge in [0.25, 0.3) is 5.91 Å². The van der Waals surface area contributed by atoms with E-state index in [4.69, 9.17) is 0 Å². The standard InChI is InChI=1S/C14H18N4O2/c1-7-5-11(19)12(9(3)16-7)14(20)18-10(4)13-15-6-8(2)17-13/h5-6,10H,1-4H3,(H,15,17)(H,16,19)(H,18,20). The van der Waals surface area contributed by atoms with E-state index in [9.17, 15) is 9.59 Å². The minimum absolute atomic E-state index is 0.144. The van der Waals surface area contributed by atoms with Crippen molar-refractivity contribution in [3.8, 4) is 0 Å². The van der Waals surface area contributed by atoms with Crippen molar-refractivity contribution in [2.45, 2.75) is 33.7 Å². The van der Waals surface area contributed by atoms with E-state index < -0.39 is 5.91 Å². The van der Waals surface area contributed by atoms with Gasteiger partial charge in [-0.3, -0.25) is 9.59 Å². The zero-order valence-corrected chi connectivity index (χ0v) is 12.0. The van der Waals surface area contributed by atoms with Crippen molar-refractivity contribution in [3.63, 3.8) is 0 Å². The van der Waals surface area contributed by atoms with E-state index in [0.29, 0.717) is 11.5 Å². The summed E-state index contributed by atoms with van der Waals surface area (Å²) in [6.07, 6.45) is 1.70. The second-order valence-electron chi connectivity index (χ2n) is 4.96. The predicted molar refractivity (Wildman–Crippen MR) is 75.7 cm³/mol. The first-order chi connectivity index (χ1) is 9.38. The molecule has 0 spiro atoms. The lowest BCUT2D eigenvalue weighted by molar-refractivity contribution is 0.0936. The highest BCUT2D eigenvalue weighted by Gasteiger charge is 2.18. The number of pyridine rings is 1. The SMILES string of the molecule is Cc1cnc(C(C)NC(=O)c2c(C)[nH]c(C)cc2=O)[nH]1. The molecule has 0 saturated heterocycles. The molecular formula is C14H18N4O2. The molecule has 106 valence electrons. The Hall–Kier alpha value is -2.37. The maximum absolute atomic E-state index is 12.2. The Morgan fingerprint density at radius 3 is 2.50 bits per heavy atom. The third-order valence-corrected chi connectivity index (χ3v) is 3.06. The molecule has 3 N–H and O–H groups in total. The molecular weight excluding hydrogens is 256 g/mol. The van der Waals surface area contributed by atoms with Gasteiger partial charge in [-0.2, -0.15) is 0 Å². The van der Waals surface area contributed by atoms with Crippen LogP contribution in [0.5, 0.6) is 0 Å². The quantitative estimate of drug-likeness (QED) is 0.792. The molecule has 6 nitrogen and oxygen atoms in total. The Balaban J connectivity index is 2.23. The highest BCUT2D eigenvalue weighted by molar-refractivity contribution is 5.95. The van der Waals surface area contributed by atoms with Crippen LogP contribution in [0.2, 0.25) is 0 Å². The molecule has 1 atom stereocenters. The van der Waals surface area contributed by atoms with Crippen molar-refractivity contribution >= 4 is 5.91 Å². The van der Waals surface area contributed by atoms with Gasteiger partial charge in [0.2, 0.25) is 0 Å². The molecule has 6 heteroatoms. The van der Waals surface area contributed by atoms with Gasteiger partial charge in [0, 0.05) is 29.3 Å². The summed E-state index contributed by atoms with van der Waals surface area (Å²) in [6, 6.07) is 1.13. The van der Waals surface area contributed by atoms with Crippen LogP contribution in [0.15, 0.2) is 17.1 Å². The lowest BCUT2D eigenvalue weighted by Gasteiger charge is -2.12. The van der Waals surface area contributed by atoms with Gasteiger partial charge < -0.3 is 15.3 Å². The predicted octanol–water partition coefficient (Wildman–Crippen LogP) is 1.51. The number of aryl methyl sites for hydroxylation is 3. The van der Waals surface area contributed by atoms with Crippen LogP contribution < -0.4 is 10.7 Å². The fourth-order valence-electron chi connectivity index (χ4n) is 2.12. The zero-order valence-electron chi connectivity index (χ0n) is 12.0. The summed E-state index contributed by atoms with van der Waals surface area (Å²) in [7, 11) is 0. The molecule has 2 heterocycles. The van der Waals surface area contributed by atoms with E-state index in [-0.39, 0.29) is 17.0 Å².